The molecule has 2 saturated heterocycles. The van der Waals surface area contributed by atoms with Gasteiger partial charge in [0.15, 0.2) is 0 Å². The van der Waals surface area contributed by atoms with Crippen LogP contribution in [0.1, 0.15) is 116 Å². The molecule has 0 amide bonds. The van der Waals surface area contributed by atoms with Crippen LogP contribution in [0.5, 0.6) is 11.5 Å². The summed E-state index contributed by atoms with van der Waals surface area (Å²) in [5, 5.41) is 0. The van der Waals surface area contributed by atoms with E-state index >= 15 is 0 Å². The number of hydrogen-bond donors (Lipinski definition) is 0. The molecule has 0 radical (unpaired) electrons. The number of benzene rings is 2. The first kappa shape index (κ1) is 33.5. The Kier molecular flexibility index (Phi) is 8.03. The molecule has 0 aromatic heterocycles. The molecule has 0 bridgehead atoms. The van der Waals surface area contributed by atoms with Gasteiger partial charge in [-0.3, -0.25) is 19.2 Å². The van der Waals surface area contributed by atoms with Gasteiger partial charge in [-0.25, -0.2) is 0 Å². The lowest BCUT2D eigenvalue weighted by Gasteiger charge is -2.48. The summed E-state index contributed by atoms with van der Waals surface area (Å²) in [4.78, 5) is 54.7. The summed E-state index contributed by atoms with van der Waals surface area (Å²) in [5.74, 6) is 0.991. The molecule has 2 aliphatic rings. The summed E-state index contributed by atoms with van der Waals surface area (Å²) in [6.07, 6.45) is 0. The molecule has 0 N–H and O–H groups in total. The molecule has 0 unspecified atom stereocenters. The highest BCUT2D eigenvalue weighted by Gasteiger charge is 2.84. The lowest BCUT2D eigenvalue weighted by Crippen LogP contribution is -2.65. The first-order chi connectivity index (χ1) is 19.3. The maximum atomic E-state index is 13.7. The van der Waals surface area contributed by atoms with Gasteiger partial charge in [0.05, 0.1) is 0 Å². The van der Waals surface area contributed by atoms with Gasteiger partial charge in [0.2, 0.25) is 43.8 Å². The van der Waals surface area contributed by atoms with E-state index in [0.29, 0.717) is 11.5 Å². The maximum absolute atomic E-state index is 13.7. The van der Waals surface area contributed by atoms with Crippen molar-refractivity contribution in [1.29, 1.82) is 0 Å². The van der Waals surface area contributed by atoms with Crippen molar-refractivity contribution in [3.05, 3.63) is 57.6 Å². The summed E-state index contributed by atoms with van der Waals surface area (Å²) in [5.41, 5.74) is -0.898. The van der Waals surface area contributed by atoms with E-state index in [1.165, 1.54) is 0 Å². The molecule has 2 fully saturated rings. The van der Waals surface area contributed by atoms with Crippen LogP contribution in [-0.2, 0) is 40.8 Å². The Morgan fingerprint density at radius 1 is 0.465 bits per heavy atom. The van der Waals surface area contributed by atoms with Crippen LogP contribution in [-0.4, -0.2) is 22.1 Å². The Hall–Kier alpha value is -2.42. The minimum absolute atomic E-state index is 0.334. The van der Waals surface area contributed by atoms with Crippen molar-refractivity contribution in [1.82, 2.24) is 0 Å². The van der Waals surface area contributed by atoms with E-state index in [9.17, 15) is 19.2 Å². The molecule has 0 aliphatic carbocycles. The second-order valence-corrected chi connectivity index (χ2v) is 19.3. The zero-order valence-corrected chi connectivity index (χ0v) is 29.9. The lowest BCUT2D eigenvalue weighted by atomic mass is 9.78. The smallest absolute Gasteiger partial charge is 0.236 e. The van der Waals surface area contributed by atoms with Gasteiger partial charge in [-0.2, -0.15) is 0 Å². The van der Waals surface area contributed by atoms with E-state index in [0.717, 1.165) is 33.4 Å². The number of rotatable bonds is 4. The van der Waals surface area contributed by atoms with Crippen molar-refractivity contribution in [3.63, 3.8) is 0 Å². The third kappa shape index (κ3) is 5.42. The van der Waals surface area contributed by atoms with Crippen LogP contribution in [0.25, 0.3) is 0 Å². The van der Waals surface area contributed by atoms with Gasteiger partial charge in [-0.1, -0.05) is 118 Å². The molecule has 0 atom stereocenters. The molecular formula is C35H46O6P2. The quantitative estimate of drug-likeness (QED) is 0.250. The average Bonchev–Trinajstić information content (AvgIpc) is 2.84. The number of carbonyl (C=O) groups is 4. The second-order valence-electron chi connectivity index (χ2n) is 16.1. The zero-order valence-electron chi connectivity index (χ0n) is 28.2. The highest BCUT2D eigenvalue weighted by molar-refractivity contribution is 7.99. The molecule has 2 heterocycles. The molecule has 4 rings (SSSR count). The average molecular weight is 625 g/mol. The predicted octanol–water partition coefficient (Wildman–Crippen LogP) is 8.87. The predicted molar refractivity (Wildman–Crippen MR) is 175 cm³/mol. The van der Waals surface area contributed by atoms with E-state index in [4.69, 9.17) is 9.05 Å². The van der Waals surface area contributed by atoms with E-state index < -0.39 is 43.8 Å². The number of aryl methyl sites for hydroxylation is 2. The Morgan fingerprint density at radius 2 is 0.674 bits per heavy atom. The van der Waals surface area contributed by atoms with E-state index in [1.54, 1.807) is 0 Å². The number of carbonyl (C=O) groups excluding carboxylic acids is 4. The van der Waals surface area contributed by atoms with Gasteiger partial charge in [-0.05, 0) is 35.5 Å². The van der Waals surface area contributed by atoms with Crippen molar-refractivity contribution in [2.75, 3.05) is 0 Å². The van der Waals surface area contributed by atoms with Gasteiger partial charge in [0.25, 0.3) is 0 Å². The Morgan fingerprint density at radius 3 is 0.860 bits per heavy atom. The molecular weight excluding hydrogens is 578 g/mol. The second kappa shape index (κ2) is 10.3. The van der Waals surface area contributed by atoms with Crippen LogP contribution in [0.3, 0.4) is 0 Å². The minimum Gasteiger partial charge on any atom is -0.458 e. The monoisotopic (exact) mass is 624 g/mol. The fourth-order valence-corrected chi connectivity index (χ4v) is 9.47. The number of hydrogen-bond acceptors (Lipinski definition) is 6. The first-order valence-corrected chi connectivity index (χ1v) is 17.3. The van der Waals surface area contributed by atoms with Gasteiger partial charge in [-0.15, -0.1) is 0 Å². The van der Waals surface area contributed by atoms with Crippen molar-refractivity contribution in [3.8, 4) is 11.5 Å². The Labute approximate surface area is 259 Å². The van der Waals surface area contributed by atoms with Crippen LogP contribution in [0, 0.1) is 19.3 Å². The SMILES string of the molecule is Cc1cc(C(C)(C)C)c(OP2C(=O)C3(C2=O)C(=O)P(Oc2c(C(C)(C)C)cc(C)cc2C(C)(C)C)C3=O)c(C(C)(C)C)c1. The van der Waals surface area contributed by atoms with Crippen molar-refractivity contribution in [2.45, 2.75) is 119 Å². The van der Waals surface area contributed by atoms with Gasteiger partial charge in [0, 0.05) is 22.3 Å². The summed E-state index contributed by atoms with van der Waals surface area (Å²) in [6.45, 7) is 28.6. The Balaban J connectivity index is 1.70. The summed E-state index contributed by atoms with van der Waals surface area (Å²) >= 11 is 0. The minimum atomic E-state index is -2.33. The van der Waals surface area contributed by atoms with Crippen molar-refractivity contribution >= 4 is 38.4 Å². The van der Waals surface area contributed by atoms with Crippen LogP contribution in [0.2, 0.25) is 0 Å². The summed E-state index contributed by atoms with van der Waals surface area (Å²) < 4.78 is 12.6. The molecule has 2 aliphatic heterocycles. The highest BCUT2D eigenvalue weighted by atomic mass is 31.1. The third-order valence-corrected chi connectivity index (χ3v) is 11.6. The fraction of sp³-hybridized carbons (Fsp3) is 0.543. The maximum Gasteiger partial charge on any atom is 0.236 e. The molecule has 2 aromatic rings. The van der Waals surface area contributed by atoms with Crippen molar-refractivity contribution in [2.24, 2.45) is 5.41 Å². The van der Waals surface area contributed by atoms with Crippen LogP contribution >= 0.6 is 16.3 Å². The highest BCUT2D eigenvalue weighted by Crippen LogP contribution is 2.74. The zero-order chi connectivity index (χ0) is 32.8. The molecule has 232 valence electrons. The van der Waals surface area contributed by atoms with E-state index in [1.807, 2.05) is 121 Å². The molecule has 6 nitrogen and oxygen atoms in total. The van der Waals surface area contributed by atoms with Crippen LogP contribution in [0.4, 0.5) is 0 Å². The molecule has 1 spiro atoms. The molecule has 8 heteroatoms. The summed E-state index contributed by atoms with van der Waals surface area (Å²) in [7, 11) is -4.65. The standard InChI is InChI=1S/C35H46O6P2/c1-19-15-21(31(3,4)5)25(22(16-19)32(6,7)8)40-42-27(36)35(28(42)37)29(38)43(30(35)39)41-26-23(33(9,10)11)17-20(2)18-24(26)34(12,13)14/h15-18H,1-14H3. The Bertz CT molecular complexity index is 1330. The molecule has 43 heavy (non-hydrogen) atoms. The molecule has 0 saturated carbocycles. The first-order valence-electron chi connectivity index (χ1n) is 14.8. The third-order valence-electron chi connectivity index (χ3n) is 8.08. The van der Waals surface area contributed by atoms with Gasteiger partial charge >= 0.3 is 0 Å². The largest absolute Gasteiger partial charge is 0.458 e. The summed E-state index contributed by atoms with van der Waals surface area (Å²) in [6, 6.07) is 8.05. The van der Waals surface area contributed by atoms with Gasteiger partial charge < -0.3 is 9.05 Å². The topological polar surface area (TPSA) is 86.7 Å². The molecule has 2 aromatic carbocycles. The fourth-order valence-electron chi connectivity index (χ4n) is 5.56. The van der Waals surface area contributed by atoms with Crippen LogP contribution < -0.4 is 9.05 Å². The normalized spacial score (nSPS) is 22.9. The lowest BCUT2D eigenvalue weighted by molar-refractivity contribution is -0.150. The van der Waals surface area contributed by atoms with Crippen LogP contribution in [0.15, 0.2) is 24.3 Å². The van der Waals surface area contributed by atoms with Gasteiger partial charge in [0.1, 0.15) is 11.5 Å². The van der Waals surface area contributed by atoms with Crippen molar-refractivity contribution < 1.29 is 28.2 Å². The van der Waals surface area contributed by atoms with E-state index in [2.05, 4.69) is 0 Å². The van der Waals surface area contributed by atoms with E-state index in [-0.39, 0.29) is 21.7 Å².